The maximum atomic E-state index is 3.69. The van der Waals surface area contributed by atoms with E-state index < -0.39 is 0 Å². The third-order valence-corrected chi connectivity index (χ3v) is 1.51. The summed E-state index contributed by atoms with van der Waals surface area (Å²) in [6.07, 6.45) is 7.26. The molecule has 0 N–H and O–H groups in total. The van der Waals surface area contributed by atoms with Crippen molar-refractivity contribution in [2.75, 3.05) is 0 Å². The molecule has 0 aromatic carbocycles. The standard InChI is InChI=1S/C10H16/c1-5-9(4)8-10(6-2)7-3/h5-6,8H,1,7H2,2-4H3/b9-8-,10-6-. The minimum absolute atomic E-state index is 1.10. The summed E-state index contributed by atoms with van der Waals surface area (Å²) in [6, 6.07) is 0. The van der Waals surface area contributed by atoms with Gasteiger partial charge in [-0.2, -0.15) is 0 Å². The maximum absolute atomic E-state index is 3.69. The minimum Gasteiger partial charge on any atom is -0.0988 e. The molecule has 0 aliphatic rings. The first kappa shape index (κ1) is 9.22. The Labute approximate surface area is 64.0 Å². The number of rotatable bonds is 3. The monoisotopic (exact) mass is 136 g/mol. The molecule has 0 saturated heterocycles. The van der Waals surface area contributed by atoms with Gasteiger partial charge < -0.3 is 0 Å². The van der Waals surface area contributed by atoms with Crippen LogP contribution in [0.2, 0.25) is 0 Å². The van der Waals surface area contributed by atoms with E-state index in [0.717, 1.165) is 6.42 Å². The van der Waals surface area contributed by atoms with Crippen molar-refractivity contribution >= 4 is 0 Å². The highest BCUT2D eigenvalue weighted by molar-refractivity contribution is 5.26. The highest BCUT2D eigenvalue weighted by Crippen LogP contribution is 2.06. The van der Waals surface area contributed by atoms with Crippen LogP contribution in [0.25, 0.3) is 0 Å². The zero-order chi connectivity index (χ0) is 7.98. The molecule has 0 radical (unpaired) electrons. The molecule has 0 atom stereocenters. The van der Waals surface area contributed by atoms with Crippen LogP contribution >= 0.6 is 0 Å². The fraction of sp³-hybridized carbons (Fsp3) is 0.400. The lowest BCUT2D eigenvalue weighted by Crippen LogP contribution is -1.75. The lowest BCUT2D eigenvalue weighted by atomic mass is 10.1. The molecule has 0 amide bonds. The van der Waals surface area contributed by atoms with Crippen LogP contribution in [0, 0.1) is 0 Å². The lowest BCUT2D eigenvalue weighted by Gasteiger charge is -1.95. The fourth-order valence-electron chi connectivity index (χ4n) is 0.741. The fourth-order valence-corrected chi connectivity index (χ4v) is 0.741. The van der Waals surface area contributed by atoms with Crippen molar-refractivity contribution in [1.82, 2.24) is 0 Å². The summed E-state index contributed by atoms with van der Waals surface area (Å²) in [4.78, 5) is 0. The molecule has 0 heteroatoms. The highest BCUT2D eigenvalue weighted by Gasteiger charge is 1.85. The zero-order valence-electron chi connectivity index (χ0n) is 7.15. The van der Waals surface area contributed by atoms with Crippen molar-refractivity contribution in [3.05, 3.63) is 36.0 Å². The number of hydrogen-bond acceptors (Lipinski definition) is 0. The van der Waals surface area contributed by atoms with Crippen LogP contribution < -0.4 is 0 Å². The van der Waals surface area contributed by atoms with Crippen molar-refractivity contribution in [2.45, 2.75) is 27.2 Å². The highest BCUT2D eigenvalue weighted by atomic mass is 13.9. The zero-order valence-corrected chi connectivity index (χ0v) is 7.15. The summed E-state index contributed by atoms with van der Waals surface area (Å²) in [7, 11) is 0. The predicted molar refractivity (Wildman–Crippen MR) is 48.0 cm³/mol. The van der Waals surface area contributed by atoms with Gasteiger partial charge in [-0.25, -0.2) is 0 Å². The average molecular weight is 136 g/mol. The molecule has 0 aromatic rings. The molecule has 0 aliphatic heterocycles. The Kier molecular flexibility index (Phi) is 4.65. The van der Waals surface area contributed by atoms with Gasteiger partial charge in [0, 0.05) is 0 Å². The molecule has 0 saturated carbocycles. The van der Waals surface area contributed by atoms with E-state index in [0.29, 0.717) is 0 Å². The number of hydrogen-bond donors (Lipinski definition) is 0. The van der Waals surface area contributed by atoms with Crippen LogP contribution in [-0.4, -0.2) is 0 Å². The summed E-state index contributed by atoms with van der Waals surface area (Å²) in [6.45, 7) is 9.96. The minimum atomic E-state index is 1.10. The normalized spacial score (nSPS) is 13.5. The molecule has 0 bridgehead atoms. The van der Waals surface area contributed by atoms with Crippen LogP contribution in [0.3, 0.4) is 0 Å². The van der Waals surface area contributed by atoms with E-state index in [-0.39, 0.29) is 0 Å². The molecule has 0 rings (SSSR count). The topological polar surface area (TPSA) is 0 Å². The SMILES string of the molecule is C=C/C(C)=C\C(=C/C)CC. The second-order valence-corrected chi connectivity index (χ2v) is 2.31. The van der Waals surface area contributed by atoms with Crippen LogP contribution in [-0.2, 0) is 0 Å². The molecule has 0 heterocycles. The van der Waals surface area contributed by atoms with Crippen molar-refractivity contribution in [1.29, 1.82) is 0 Å². The van der Waals surface area contributed by atoms with E-state index in [4.69, 9.17) is 0 Å². The Morgan fingerprint density at radius 3 is 2.40 bits per heavy atom. The summed E-state index contributed by atoms with van der Waals surface area (Å²) in [5.41, 5.74) is 2.60. The van der Waals surface area contributed by atoms with E-state index in [1.807, 2.05) is 6.08 Å². The average Bonchev–Trinajstić information content (AvgIpc) is 1.99. The molecule has 0 aliphatic carbocycles. The van der Waals surface area contributed by atoms with Gasteiger partial charge in [0.25, 0.3) is 0 Å². The van der Waals surface area contributed by atoms with Gasteiger partial charge in [0.2, 0.25) is 0 Å². The molecule has 0 nitrogen and oxygen atoms in total. The first-order chi connectivity index (χ1) is 4.74. The van der Waals surface area contributed by atoms with Crippen molar-refractivity contribution < 1.29 is 0 Å². The van der Waals surface area contributed by atoms with Crippen molar-refractivity contribution in [3.8, 4) is 0 Å². The first-order valence-corrected chi connectivity index (χ1v) is 3.70. The van der Waals surface area contributed by atoms with Crippen LogP contribution in [0.1, 0.15) is 27.2 Å². The van der Waals surface area contributed by atoms with Crippen LogP contribution in [0.4, 0.5) is 0 Å². The van der Waals surface area contributed by atoms with E-state index in [2.05, 4.69) is 39.5 Å². The third-order valence-electron chi connectivity index (χ3n) is 1.51. The molecule has 0 aromatic heterocycles. The smallest absolute Gasteiger partial charge is 0.0311 e. The summed E-state index contributed by atoms with van der Waals surface area (Å²) in [5.74, 6) is 0. The predicted octanol–water partition coefficient (Wildman–Crippen LogP) is 3.48. The Morgan fingerprint density at radius 1 is 1.50 bits per heavy atom. The third kappa shape index (κ3) is 3.29. The Balaban J connectivity index is 4.22. The quantitative estimate of drug-likeness (QED) is 0.521. The van der Waals surface area contributed by atoms with Crippen LogP contribution in [0.15, 0.2) is 36.0 Å². The van der Waals surface area contributed by atoms with E-state index >= 15 is 0 Å². The van der Waals surface area contributed by atoms with Crippen molar-refractivity contribution in [2.24, 2.45) is 0 Å². The van der Waals surface area contributed by atoms with Gasteiger partial charge in [-0.3, -0.25) is 0 Å². The van der Waals surface area contributed by atoms with E-state index in [1.54, 1.807) is 0 Å². The number of allylic oxidation sites excluding steroid dienone is 5. The molecule has 0 fully saturated rings. The summed E-state index contributed by atoms with van der Waals surface area (Å²) >= 11 is 0. The van der Waals surface area contributed by atoms with E-state index in [9.17, 15) is 0 Å². The van der Waals surface area contributed by atoms with Gasteiger partial charge in [0.05, 0.1) is 0 Å². The molecular formula is C10H16. The second-order valence-electron chi connectivity index (χ2n) is 2.31. The second kappa shape index (κ2) is 5.04. The Morgan fingerprint density at radius 2 is 2.10 bits per heavy atom. The molecule has 10 heavy (non-hydrogen) atoms. The lowest BCUT2D eigenvalue weighted by molar-refractivity contribution is 1.13. The Bertz CT molecular complexity index is 159. The van der Waals surface area contributed by atoms with Gasteiger partial charge in [0.1, 0.15) is 0 Å². The van der Waals surface area contributed by atoms with Gasteiger partial charge >= 0.3 is 0 Å². The van der Waals surface area contributed by atoms with E-state index in [1.165, 1.54) is 11.1 Å². The van der Waals surface area contributed by atoms with Gasteiger partial charge in [0.15, 0.2) is 0 Å². The Hall–Kier alpha value is -0.780. The first-order valence-electron chi connectivity index (χ1n) is 3.70. The molecule has 0 unspecified atom stereocenters. The van der Waals surface area contributed by atoms with Gasteiger partial charge in [-0.1, -0.05) is 42.9 Å². The summed E-state index contributed by atoms with van der Waals surface area (Å²) in [5, 5.41) is 0. The van der Waals surface area contributed by atoms with Crippen LogP contribution in [0.5, 0.6) is 0 Å². The van der Waals surface area contributed by atoms with Gasteiger partial charge in [-0.15, -0.1) is 0 Å². The largest absolute Gasteiger partial charge is 0.0988 e. The maximum Gasteiger partial charge on any atom is -0.0311 e. The summed E-state index contributed by atoms with van der Waals surface area (Å²) < 4.78 is 0. The van der Waals surface area contributed by atoms with Crippen molar-refractivity contribution in [3.63, 3.8) is 0 Å². The van der Waals surface area contributed by atoms with Gasteiger partial charge in [-0.05, 0) is 20.3 Å². The molecular weight excluding hydrogens is 120 g/mol. The molecule has 0 spiro atoms. The molecule has 56 valence electrons.